The predicted octanol–water partition coefficient (Wildman–Crippen LogP) is 0.489. The number of aliphatic hydroxyl groups is 3. The van der Waals surface area contributed by atoms with Crippen LogP contribution in [0.1, 0.15) is 6.92 Å². The molecule has 1 aliphatic heterocycles. The molecular weight excluding hydrogens is 428 g/mol. The van der Waals surface area contributed by atoms with E-state index in [0.29, 0.717) is 0 Å². The van der Waals surface area contributed by atoms with Crippen molar-refractivity contribution >= 4 is 11.0 Å². The zero-order valence-electron chi connectivity index (χ0n) is 16.5. The van der Waals surface area contributed by atoms with Gasteiger partial charge in [-0.1, -0.05) is 0 Å². The van der Waals surface area contributed by atoms with Crippen LogP contribution in [-0.4, -0.2) is 66.5 Å². The van der Waals surface area contributed by atoms with E-state index in [1.807, 2.05) is 0 Å². The summed E-state index contributed by atoms with van der Waals surface area (Å²) in [4.78, 5) is 13.3. The highest BCUT2D eigenvalue weighted by atomic mass is 16.6. The highest BCUT2D eigenvalue weighted by molar-refractivity contribution is 5.88. The summed E-state index contributed by atoms with van der Waals surface area (Å²) < 4.78 is 16.3. The molecule has 0 aliphatic carbocycles. The van der Waals surface area contributed by atoms with Gasteiger partial charge in [0, 0.05) is 17.7 Å². The third kappa shape index (κ3) is 3.56. The molecule has 2 heterocycles. The Hall–Kier alpha value is -3.51. The van der Waals surface area contributed by atoms with Crippen LogP contribution in [0.3, 0.4) is 0 Å². The van der Waals surface area contributed by atoms with Crippen molar-refractivity contribution in [3.63, 3.8) is 0 Å². The summed E-state index contributed by atoms with van der Waals surface area (Å²) in [6.07, 6.45) is -7.41. The van der Waals surface area contributed by atoms with Gasteiger partial charge in [-0.3, -0.25) is 4.79 Å². The zero-order chi connectivity index (χ0) is 23.3. The third-order valence-electron chi connectivity index (χ3n) is 5.21. The van der Waals surface area contributed by atoms with Crippen molar-refractivity contribution in [2.75, 3.05) is 0 Å². The van der Waals surface area contributed by atoms with Crippen molar-refractivity contribution in [2.24, 2.45) is 0 Å². The van der Waals surface area contributed by atoms with Gasteiger partial charge in [-0.15, -0.1) is 0 Å². The van der Waals surface area contributed by atoms with E-state index in [4.69, 9.17) is 13.9 Å². The molecule has 2 aromatic carbocycles. The van der Waals surface area contributed by atoms with Crippen LogP contribution in [0.25, 0.3) is 22.3 Å². The third-order valence-corrected chi connectivity index (χ3v) is 5.21. The maximum absolute atomic E-state index is 13.3. The molecule has 0 bridgehead atoms. The van der Waals surface area contributed by atoms with E-state index in [0.717, 1.165) is 24.3 Å². The number of fused-ring (bicyclic) bond motifs is 1. The van der Waals surface area contributed by atoms with Gasteiger partial charge in [-0.2, -0.15) is 0 Å². The molecular formula is C21H20O11. The van der Waals surface area contributed by atoms with E-state index >= 15 is 0 Å². The molecule has 11 nitrogen and oxygen atoms in total. The molecule has 32 heavy (non-hydrogen) atoms. The lowest BCUT2D eigenvalue weighted by molar-refractivity contribution is -0.272. The molecule has 0 spiro atoms. The van der Waals surface area contributed by atoms with Crippen molar-refractivity contribution in [3.8, 4) is 40.1 Å². The van der Waals surface area contributed by atoms with Crippen LogP contribution in [0, 0.1) is 0 Å². The first-order chi connectivity index (χ1) is 15.1. The minimum Gasteiger partial charge on any atom is -0.508 e. The zero-order valence-corrected chi connectivity index (χ0v) is 16.5. The highest BCUT2D eigenvalue weighted by Gasteiger charge is 2.44. The van der Waals surface area contributed by atoms with E-state index < -0.39 is 64.9 Å². The van der Waals surface area contributed by atoms with Crippen LogP contribution >= 0.6 is 0 Å². The fourth-order valence-electron chi connectivity index (χ4n) is 3.52. The number of ether oxygens (including phenoxy) is 2. The van der Waals surface area contributed by atoms with E-state index in [2.05, 4.69) is 0 Å². The van der Waals surface area contributed by atoms with Gasteiger partial charge in [0.1, 0.15) is 34.7 Å². The standard InChI is InChI=1S/C21H20O11/c1-7-15(26)19(17(28)21(29)30-7)32-20-16(27)14-12(25)5-9(22)6-13(14)31-18(20)8-2-3-10(23)11(24)4-8/h2-7,15,17,19,21-26,28-29H,1H3. The van der Waals surface area contributed by atoms with Crippen LogP contribution in [-0.2, 0) is 4.74 Å². The second-order valence-electron chi connectivity index (χ2n) is 7.43. The predicted molar refractivity (Wildman–Crippen MR) is 108 cm³/mol. The number of rotatable bonds is 3. The maximum Gasteiger partial charge on any atom is 0.239 e. The van der Waals surface area contributed by atoms with Crippen LogP contribution in [0.4, 0.5) is 0 Å². The first-order valence-electron chi connectivity index (χ1n) is 9.50. The summed E-state index contributed by atoms with van der Waals surface area (Å²) in [6, 6.07) is 5.49. The van der Waals surface area contributed by atoms with Gasteiger partial charge in [-0.25, -0.2) is 0 Å². The van der Waals surface area contributed by atoms with Gasteiger partial charge >= 0.3 is 0 Å². The molecule has 11 heteroatoms. The molecule has 1 saturated heterocycles. The molecule has 1 aliphatic rings. The minimum absolute atomic E-state index is 0.0572. The Morgan fingerprint density at radius 1 is 0.906 bits per heavy atom. The second-order valence-corrected chi connectivity index (χ2v) is 7.43. The van der Waals surface area contributed by atoms with Crippen LogP contribution in [0.2, 0.25) is 0 Å². The van der Waals surface area contributed by atoms with Crippen LogP contribution < -0.4 is 10.2 Å². The van der Waals surface area contributed by atoms with Gasteiger partial charge in [0.05, 0.1) is 6.10 Å². The lowest BCUT2D eigenvalue weighted by Gasteiger charge is -2.39. The molecule has 1 fully saturated rings. The van der Waals surface area contributed by atoms with Crippen LogP contribution in [0.5, 0.6) is 28.7 Å². The topological polar surface area (TPSA) is 190 Å². The van der Waals surface area contributed by atoms with Crippen molar-refractivity contribution < 1.29 is 49.6 Å². The monoisotopic (exact) mass is 448 g/mol. The van der Waals surface area contributed by atoms with Crippen molar-refractivity contribution in [3.05, 3.63) is 40.6 Å². The first kappa shape index (κ1) is 21.7. The van der Waals surface area contributed by atoms with E-state index in [1.54, 1.807) is 0 Å². The Labute approximate surface area is 179 Å². The molecule has 170 valence electrons. The fraction of sp³-hybridized carbons (Fsp3) is 0.286. The average Bonchev–Trinajstić information content (AvgIpc) is 2.72. The fourth-order valence-corrected chi connectivity index (χ4v) is 3.52. The number of aromatic hydroxyl groups is 4. The summed E-state index contributed by atoms with van der Waals surface area (Å²) in [5, 5.41) is 69.7. The number of phenols is 4. The van der Waals surface area contributed by atoms with Gasteiger partial charge in [0.25, 0.3) is 0 Å². The van der Waals surface area contributed by atoms with Crippen molar-refractivity contribution in [1.29, 1.82) is 0 Å². The molecule has 0 saturated carbocycles. The molecule has 1 aromatic heterocycles. The summed E-state index contributed by atoms with van der Waals surface area (Å²) >= 11 is 0. The molecule has 3 aromatic rings. The second kappa shape index (κ2) is 7.88. The summed E-state index contributed by atoms with van der Waals surface area (Å²) in [7, 11) is 0. The molecule has 5 atom stereocenters. The van der Waals surface area contributed by atoms with E-state index in [9.17, 15) is 40.5 Å². The lowest BCUT2D eigenvalue weighted by atomic mass is 9.99. The minimum atomic E-state index is -1.74. The highest BCUT2D eigenvalue weighted by Crippen LogP contribution is 2.39. The molecule has 5 unspecified atom stereocenters. The maximum atomic E-state index is 13.3. The molecule has 0 radical (unpaired) electrons. The number of aliphatic hydroxyl groups excluding tert-OH is 3. The Balaban J connectivity index is 1.96. The van der Waals surface area contributed by atoms with Gasteiger partial charge in [0.2, 0.25) is 11.2 Å². The van der Waals surface area contributed by atoms with Crippen molar-refractivity contribution in [1.82, 2.24) is 0 Å². The Bertz CT molecular complexity index is 1220. The number of hydrogen-bond acceptors (Lipinski definition) is 11. The quantitative estimate of drug-likeness (QED) is 0.276. The first-order valence-corrected chi connectivity index (χ1v) is 9.50. The van der Waals surface area contributed by atoms with Gasteiger partial charge < -0.3 is 49.6 Å². The summed E-state index contributed by atoms with van der Waals surface area (Å²) in [5.41, 5.74) is -1.08. The summed E-state index contributed by atoms with van der Waals surface area (Å²) in [5.74, 6) is -2.84. The molecule has 0 amide bonds. The Morgan fingerprint density at radius 2 is 1.62 bits per heavy atom. The average molecular weight is 448 g/mol. The largest absolute Gasteiger partial charge is 0.508 e. The molecule has 4 rings (SSSR count). The normalized spacial score (nSPS) is 25.7. The van der Waals surface area contributed by atoms with Gasteiger partial charge in [0.15, 0.2) is 29.7 Å². The lowest BCUT2D eigenvalue weighted by Crippen LogP contribution is -2.59. The number of phenolic OH excluding ortho intramolecular Hbond substituents is 4. The Morgan fingerprint density at radius 3 is 2.31 bits per heavy atom. The summed E-state index contributed by atoms with van der Waals surface area (Å²) in [6.45, 7) is 1.42. The Kier molecular flexibility index (Phi) is 5.34. The SMILES string of the molecule is CC1OC(O)C(O)C(Oc2c(-c3ccc(O)c(O)c3)oc3cc(O)cc(O)c3c2=O)C1O. The van der Waals surface area contributed by atoms with E-state index in [-0.39, 0.29) is 22.3 Å². The smallest absolute Gasteiger partial charge is 0.239 e. The number of hydrogen-bond donors (Lipinski definition) is 7. The molecule has 7 N–H and O–H groups in total. The number of benzene rings is 2. The van der Waals surface area contributed by atoms with E-state index in [1.165, 1.54) is 13.0 Å². The van der Waals surface area contributed by atoms with Crippen molar-refractivity contribution in [2.45, 2.75) is 37.6 Å². The van der Waals surface area contributed by atoms with Gasteiger partial charge in [-0.05, 0) is 25.1 Å². The van der Waals surface area contributed by atoms with Crippen LogP contribution in [0.15, 0.2) is 39.5 Å².